The van der Waals surface area contributed by atoms with E-state index < -0.39 is 0 Å². The molecule has 0 aliphatic carbocycles. The van der Waals surface area contributed by atoms with Gasteiger partial charge in [0.1, 0.15) is 0 Å². The third kappa shape index (κ3) is 17.9. The molecule has 0 heterocycles. The van der Waals surface area contributed by atoms with Crippen LogP contribution in [0.1, 0.15) is 116 Å². The number of unbranched alkanes of at least 4 members (excludes halogenated alkanes) is 10. The number of hydrogen-bond acceptors (Lipinski definition) is 0. The lowest BCUT2D eigenvalue weighted by Crippen LogP contribution is -2.00. The summed E-state index contributed by atoms with van der Waals surface area (Å²) in [6, 6.07) is 0. The molecule has 0 bridgehead atoms. The van der Waals surface area contributed by atoms with E-state index in [2.05, 4.69) is 32.9 Å². The van der Waals surface area contributed by atoms with Crippen LogP contribution in [0.25, 0.3) is 0 Å². The monoisotopic (exact) mass is 320 g/mol. The van der Waals surface area contributed by atoms with Crippen LogP contribution >= 0.6 is 0 Å². The van der Waals surface area contributed by atoms with E-state index in [4.69, 9.17) is 0 Å². The highest BCUT2D eigenvalue weighted by molar-refractivity contribution is 4.82. The Hall–Kier alpha value is -0.260. The fourth-order valence-corrected chi connectivity index (χ4v) is 3.34. The second-order valence-electron chi connectivity index (χ2n) is 7.17. The fourth-order valence-electron chi connectivity index (χ4n) is 3.34. The van der Waals surface area contributed by atoms with E-state index in [1.54, 1.807) is 0 Å². The van der Waals surface area contributed by atoms with E-state index in [9.17, 15) is 0 Å². The van der Waals surface area contributed by atoms with Gasteiger partial charge in [0.05, 0.1) is 0 Å². The smallest absolute Gasteiger partial charge is 0.0348 e. The van der Waals surface area contributed by atoms with E-state index in [1.807, 2.05) is 0 Å². The van der Waals surface area contributed by atoms with Crippen molar-refractivity contribution in [2.45, 2.75) is 116 Å². The maximum atomic E-state index is 3.92. The van der Waals surface area contributed by atoms with Gasteiger partial charge in [0.2, 0.25) is 0 Å². The zero-order chi connectivity index (χ0) is 17.0. The van der Waals surface area contributed by atoms with E-state index in [1.165, 1.54) is 96.3 Å². The predicted octanol–water partition coefficient (Wildman–Crippen LogP) is 8.48. The van der Waals surface area contributed by atoms with Crippen molar-refractivity contribution < 1.29 is 0 Å². The van der Waals surface area contributed by atoms with Crippen LogP contribution in [0.2, 0.25) is 0 Å². The Morgan fingerprint density at radius 2 is 1.17 bits per heavy atom. The van der Waals surface area contributed by atoms with Gasteiger partial charge in [-0.25, -0.2) is 0 Å². The lowest BCUT2D eigenvalue weighted by atomic mass is 9.91. The first-order chi connectivity index (χ1) is 11.3. The lowest BCUT2D eigenvalue weighted by molar-refractivity contribution is 0.396. The van der Waals surface area contributed by atoms with Crippen molar-refractivity contribution in [2.24, 2.45) is 5.92 Å². The molecule has 0 amide bonds. The van der Waals surface area contributed by atoms with Crippen LogP contribution in [-0.4, -0.2) is 0 Å². The van der Waals surface area contributed by atoms with Crippen LogP contribution in [0.5, 0.6) is 0 Å². The lowest BCUT2D eigenvalue weighted by Gasteiger charge is -2.15. The Kier molecular flexibility index (Phi) is 19.6. The van der Waals surface area contributed by atoms with Crippen LogP contribution in [0, 0.1) is 19.8 Å². The van der Waals surface area contributed by atoms with Gasteiger partial charge in [-0.2, -0.15) is 0 Å². The van der Waals surface area contributed by atoms with Crippen LogP contribution in [0.4, 0.5) is 0 Å². The average molecular weight is 321 g/mol. The van der Waals surface area contributed by atoms with Gasteiger partial charge in [-0.3, -0.25) is 0 Å². The Labute approximate surface area is 148 Å². The molecule has 136 valence electrons. The van der Waals surface area contributed by atoms with Crippen molar-refractivity contribution in [1.29, 1.82) is 0 Å². The first-order valence-electron chi connectivity index (χ1n) is 10.6. The molecule has 0 aliphatic rings. The molecule has 0 aromatic heterocycles. The molecule has 0 heteroatoms. The van der Waals surface area contributed by atoms with Gasteiger partial charge < -0.3 is 0 Å². The molecule has 0 nitrogen and oxygen atoms in total. The molecule has 0 N–H and O–H groups in total. The minimum Gasteiger partial charge on any atom is -0.0885 e. The molecule has 0 rings (SSSR count). The molecular formula is C23H44. The Morgan fingerprint density at radius 1 is 0.609 bits per heavy atom. The third-order valence-electron chi connectivity index (χ3n) is 4.84. The zero-order valence-corrected chi connectivity index (χ0v) is 16.2. The van der Waals surface area contributed by atoms with Gasteiger partial charge in [0.25, 0.3) is 0 Å². The minimum atomic E-state index is 0.968. The molecule has 0 spiro atoms. The van der Waals surface area contributed by atoms with E-state index in [0.717, 1.165) is 18.8 Å². The molecule has 2 radical (unpaired) electrons. The normalized spacial score (nSPS) is 13.0. The summed E-state index contributed by atoms with van der Waals surface area (Å²) in [4.78, 5) is 0. The van der Waals surface area contributed by atoms with Gasteiger partial charge in [-0.15, -0.1) is 0 Å². The second-order valence-corrected chi connectivity index (χ2v) is 7.17. The standard InChI is InChI=1S/C23H44/c1-4-7-9-11-13-15-17-19-22-23(20-6-3)21-18-16-14-12-10-8-5-2/h15,17,23H,1-2,4-14,16,18-22H2,3H3. The molecule has 0 aromatic carbocycles. The van der Waals surface area contributed by atoms with Crippen molar-refractivity contribution >= 4 is 0 Å². The number of rotatable bonds is 18. The van der Waals surface area contributed by atoms with Gasteiger partial charge in [-0.05, 0) is 31.6 Å². The van der Waals surface area contributed by atoms with Crippen LogP contribution in [-0.2, 0) is 0 Å². The first kappa shape index (κ1) is 22.7. The van der Waals surface area contributed by atoms with Gasteiger partial charge in [0, 0.05) is 0 Å². The van der Waals surface area contributed by atoms with E-state index in [-0.39, 0.29) is 0 Å². The Bertz CT molecular complexity index is 228. The summed E-state index contributed by atoms with van der Waals surface area (Å²) in [7, 11) is 0. The molecular weight excluding hydrogens is 276 g/mol. The highest BCUT2D eigenvalue weighted by Crippen LogP contribution is 2.22. The maximum Gasteiger partial charge on any atom is -0.0348 e. The van der Waals surface area contributed by atoms with Crippen molar-refractivity contribution in [3.63, 3.8) is 0 Å². The van der Waals surface area contributed by atoms with Crippen LogP contribution < -0.4 is 0 Å². The SMILES string of the molecule is [CH2]CCCCCC=CCCC(CCC)CCCCCCCC[CH2]. The third-order valence-corrected chi connectivity index (χ3v) is 4.84. The second kappa shape index (κ2) is 19.8. The fraction of sp³-hybridized carbons (Fsp3) is 0.826. The maximum absolute atomic E-state index is 3.92. The average Bonchev–Trinajstić information content (AvgIpc) is 2.56. The summed E-state index contributed by atoms with van der Waals surface area (Å²) in [5, 5.41) is 0. The zero-order valence-electron chi connectivity index (χ0n) is 16.2. The molecule has 0 aliphatic heterocycles. The van der Waals surface area contributed by atoms with Crippen LogP contribution in [0.3, 0.4) is 0 Å². The number of hydrogen-bond donors (Lipinski definition) is 0. The molecule has 1 unspecified atom stereocenters. The summed E-state index contributed by atoms with van der Waals surface area (Å²) >= 11 is 0. The highest BCUT2D eigenvalue weighted by Gasteiger charge is 2.06. The highest BCUT2D eigenvalue weighted by atomic mass is 14.1. The molecule has 23 heavy (non-hydrogen) atoms. The van der Waals surface area contributed by atoms with Gasteiger partial charge in [-0.1, -0.05) is 116 Å². The first-order valence-corrected chi connectivity index (χ1v) is 10.6. The van der Waals surface area contributed by atoms with Crippen molar-refractivity contribution in [2.75, 3.05) is 0 Å². The van der Waals surface area contributed by atoms with Crippen LogP contribution in [0.15, 0.2) is 12.2 Å². The largest absolute Gasteiger partial charge is 0.0885 e. The number of allylic oxidation sites excluding steroid dienone is 2. The summed E-state index contributed by atoms with van der Waals surface area (Å²) < 4.78 is 0. The van der Waals surface area contributed by atoms with E-state index >= 15 is 0 Å². The Balaban J connectivity index is 3.55. The summed E-state index contributed by atoms with van der Waals surface area (Å²) in [6.45, 7) is 10.2. The summed E-state index contributed by atoms with van der Waals surface area (Å²) in [5.74, 6) is 0.968. The summed E-state index contributed by atoms with van der Waals surface area (Å²) in [6.07, 6.45) is 27.7. The van der Waals surface area contributed by atoms with Crippen molar-refractivity contribution in [3.8, 4) is 0 Å². The van der Waals surface area contributed by atoms with Gasteiger partial charge in [0.15, 0.2) is 0 Å². The molecule has 0 fully saturated rings. The van der Waals surface area contributed by atoms with Gasteiger partial charge >= 0.3 is 0 Å². The summed E-state index contributed by atoms with van der Waals surface area (Å²) in [5.41, 5.74) is 0. The molecule has 0 saturated carbocycles. The minimum absolute atomic E-state index is 0.968. The van der Waals surface area contributed by atoms with E-state index in [0.29, 0.717) is 0 Å². The topological polar surface area (TPSA) is 0 Å². The molecule has 1 atom stereocenters. The molecule has 0 saturated heterocycles. The van der Waals surface area contributed by atoms with Crippen molar-refractivity contribution in [3.05, 3.63) is 26.0 Å². The quantitative estimate of drug-likeness (QED) is 0.175. The Morgan fingerprint density at radius 3 is 1.83 bits per heavy atom. The van der Waals surface area contributed by atoms with Crippen molar-refractivity contribution in [1.82, 2.24) is 0 Å². The molecule has 0 aromatic rings. The predicted molar refractivity (Wildman–Crippen MR) is 108 cm³/mol.